The molecule has 0 aromatic carbocycles. The molecule has 2 N–H and O–H groups in total. The maximum atomic E-state index is 9.34. The second kappa shape index (κ2) is 7.55. The van der Waals surface area contributed by atoms with Gasteiger partial charge in [-0.2, -0.15) is 11.8 Å². The van der Waals surface area contributed by atoms with Crippen LogP contribution in [0.1, 0.15) is 38.5 Å². The largest absolute Gasteiger partial charge is 0.393 e. The highest BCUT2D eigenvalue weighted by Gasteiger charge is 2.18. The van der Waals surface area contributed by atoms with Gasteiger partial charge in [0, 0.05) is 6.04 Å². The third-order valence-electron chi connectivity index (χ3n) is 2.90. The molecule has 0 aromatic heterocycles. The van der Waals surface area contributed by atoms with Crippen LogP contribution in [0.15, 0.2) is 0 Å². The molecule has 3 heteroatoms. The molecule has 0 saturated heterocycles. The van der Waals surface area contributed by atoms with E-state index in [2.05, 4.69) is 11.6 Å². The highest BCUT2D eigenvalue weighted by Crippen LogP contribution is 2.18. The molecule has 1 rings (SSSR count). The van der Waals surface area contributed by atoms with Crippen molar-refractivity contribution in [3.8, 4) is 0 Å². The number of unbranched alkanes of at least 4 members (excludes halogenated alkanes) is 1. The zero-order valence-electron chi connectivity index (χ0n) is 9.17. The van der Waals surface area contributed by atoms with E-state index >= 15 is 0 Å². The molecule has 0 atom stereocenters. The number of hydrogen-bond donors (Lipinski definition) is 2. The van der Waals surface area contributed by atoms with E-state index in [-0.39, 0.29) is 6.10 Å². The fourth-order valence-electron chi connectivity index (χ4n) is 1.96. The number of hydrogen-bond acceptors (Lipinski definition) is 3. The maximum absolute atomic E-state index is 9.34. The van der Waals surface area contributed by atoms with Gasteiger partial charge >= 0.3 is 0 Å². The van der Waals surface area contributed by atoms with Crippen LogP contribution in [0.2, 0.25) is 0 Å². The minimum absolute atomic E-state index is 0.0236. The van der Waals surface area contributed by atoms with Crippen molar-refractivity contribution in [2.45, 2.75) is 50.7 Å². The van der Waals surface area contributed by atoms with Crippen LogP contribution in [-0.4, -0.2) is 35.8 Å². The molecule has 0 aromatic rings. The minimum Gasteiger partial charge on any atom is -0.393 e. The van der Waals surface area contributed by atoms with Gasteiger partial charge in [0.15, 0.2) is 0 Å². The Hall–Kier alpha value is 0.270. The van der Waals surface area contributed by atoms with Crippen molar-refractivity contribution in [3.63, 3.8) is 0 Å². The molecule has 0 spiro atoms. The van der Waals surface area contributed by atoms with Crippen molar-refractivity contribution >= 4 is 11.8 Å². The first kappa shape index (κ1) is 12.3. The zero-order chi connectivity index (χ0) is 10.2. The van der Waals surface area contributed by atoms with E-state index in [1.807, 2.05) is 11.8 Å². The van der Waals surface area contributed by atoms with E-state index in [4.69, 9.17) is 0 Å². The second-order valence-electron chi connectivity index (χ2n) is 4.16. The van der Waals surface area contributed by atoms with Gasteiger partial charge in [0.1, 0.15) is 0 Å². The van der Waals surface area contributed by atoms with E-state index in [1.54, 1.807) is 0 Å². The van der Waals surface area contributed by atoms with Gasteiger partial charge in [0.2, 0.25) is 0 Å². The van der Waals surface area contributed by atoms with Gasteiger partial charge < -0.3 is 10.4 Å². The standard InChI is InChI=1S/C11H23NOS/c1-14-9-3-2-8-12-10-4-6-11(13)7-5-10/h10-13H,2-9H2,1H3. The van der Waals surface area contributed by atoms with Crippen molar-refractivity contribution < 1.29 is 5.11 Å². The average molecular weight is 217 g/mol. The first-order valence-electron chi connectivity index (χ1n) is 5.73. The van der Waals surface area contributed by atoms with Crippen molar-refractivity contribution in [3.05, 3.63) is 0 Å². The Balaban J connectivity index is 1.91. The molecule has 1 saturated carbocycles. The second-order valence-corrected chi connectivity index (χ2v) is 5.15. The first-order valence-corrected chi connectivity index (χ1v) is 7.12. The fourth-order valence-corrected chi connectivity index (χ4v) is 2.45. The van der Waals surface area contributed by atoms with Crippen LogP contribution in [0.3, 0.4) is 0 Å². The SMILES string of the molecule is CSCCCCNC1CCC(O)CC1. The summed E-state index contributed by atoms with van der Waals surface area (Å²) in [5.41, 5.74) is 0. The smallest absolute Gasteiger partial charge is 0.0541 e. The summed E-state index contributed by atoms with van der Waals surface area (Å²) in [6, 6.07) is 0.674. The predicted octanol–water partition coefficient (Wildman–Crippen LogP) is 2.02. The molecule has 14 heavy (non-hydrogen) atoms. The number of rotatable bonds is 6. The number of aliphatic hydroxyl groups excluding tert-OH is 1. The summed E-state index contributed by atoms with van der Waals surface area (Å²) in [6.07, 6.45) is 9.04. The Morgan fingerprint density at radius 1 is 1.21 bits per heavy atom. The molecule has 1 aliphatic carbocycles. The molecule has 1 aliphatic rings. The monoisotopic (exact) mass is 217 g/mol. The van der Waals surface area contributed by atoms with Gasteiger partial charge in [-0.15, -0.1) is 0 Å². The highest BCUT2D eigenvalue weighted by atomic mass is 32.2. The quantitative estimate of drug-likeness (QED) is 0.668. The minimum atomic E-state index is -0.0236. The molecule has 0 unspecified atom stereocenters. The van der Waals surface area contributed by atoms with Crippen LogP contribution in [0.25, 0.3) is 0 Å². The third kappa shape index (κ3) is 5.23. The lowest BCUT2D eigenvalue weighted by atomic mass is 9.93. The van der Waals surface area contributed by atoms with Crippen molar-refractivity contribution in [1.82, 2.24) is 5.32 Å². The number of aliphatic hydroxyl groups is 1. The fraction of sp³-hybridized carbons (Fsp3) is 1.00. The van der Waals surface area contributed by atoms with Crippen LogP contribution in [0.5, 0.6) is 0 Å². The van der Waals surface area contributed by atoms with Crippen molar-refractivity contribution in [2.24, 2.45) is 0 Å². The van der Waals surface area contributed by atoms with Gasteiger partial charge in [-0.1, -0.05) is 0 Å². The molecule has 0 radical (unpaired) electrons. The molecular formula is C11H23NOS. The lowest BCUT2D eigenvalue weighted by molar-refractivity contribution is 0.117. The molecule has 1 fully saturated rings. The summed E-state index contributed by atoms with van der Waals surface area (Å²) in [7, 11) is 0. The summed E-state index contributed by atoms with van der Waals surface area (Å²) >= 11 is 1.93. The van der Waals surface area contributed by atoms with Crippen molar-refractivity contribution in [2.75, 3.05) is 18.6 Å². The van der Waals surface area contributed by atoms with Gasteiger partial charge in [-0.05, 0) is 57.1 Å². The molecular weight excluding hydrogens is 194 g/mol. The lowest BCUT2D eigenvalue weighted by Crippen LogP contribution is -2.35. The molecule has 0 aliphatic heterocycles. The maximum Gasteiger partial charge on any atom is 0.0541 e. The van der Waals surface area contributed by atoms with Crippen LogP contribution in [-0.2, 0) is 0 Å². The summed E-state index contributed by atoms with van der Waals surface area (Å²) in [6.45, 7) is 1.15. The van der Waals surface area contributed by atoms with E-state index < -0.39 is 0 Å². The Labute approximate surface area is 91.9 Å². The number of thioether (sulfide) groups is 1. The molecule has 0 amide bonds. The van der Waals surface area contributed by atoms with Gasteiger partial charge in [0.25, 0.3) is 0 Å². The van der Waals surface area contributed by atoms with Crippen LogP contribution >= 0.6 is 11.8 Å². The van der Waals surface area contributed by atoms with Gasteiger partial charge in [-0.25, -0.2) is 0 Å². The first-order chi connectivity index (χ1) is 6.83. The number of nitrogens with one attached hydrogen (secondary N) is 1. The molecule has 0 bridgehead atoms. The molecule has 84 valence electrons. The van der Waals surface area contributed by atoms with E-state index in [0.29, 0.717) is 6.04 Å². The molecule has 2 nitrogen and oxygen atoms in total. The Kier molecular flexibility index (Phi) is 6.65. The molecule has 0 heterocycles. The zero-order valence-corrected chi connectivity index (χ0v) is 9.98. The lowest BCUT2D eigenvalue weighted by Gasteiger charge is -2.26. The van der Waals surface area contributed by atoms with Crippen LogP contribution in [0, 0.1) is 0 Å². The normalized spacial score (nSPS) is 27.9. The third-order valence-corrected chi connectivity index (χ3v) is 3.60. The van der Waals surface area contributed by atoms with E-state index in [1.165, 1.54) is 18.6 Å². The summed E-state index contributed by atoms with van der Waals surface area (Å²) < 4.78 is 0. The Bertz CT molecular complexity index is 135. The van der Waals surface area contributed by atoms with E-state index in [0.717, 1.165) is 32.2 Å². The highest BCUT2D eigenvalue weighted by molar-refractivity contribution is 7.98. The van der Waals surface area contributed by atoms with Crippen molar-refractivity contribution in [1.29, 1.82) is 0 Å². The Morgan fingerprint density at radius 3 is 2.57 bits per heavy atom. The summed E-state index contributed by atoms with van der Waals surface area (Å²) in [5, 5.41) is 12.9. The summed E-state index contributed by atoms with van der Waals surface area (Å²) in [4.78, 5) is 0. The van der Waals surface area contributed by atoms with Crippen LogP contribution < -0.4 is 5.32 Å². The van der Waals surface area contributed by atoms with Gasteiger partial charge in [0.05, 0.1) is 6.10 Å². The average Bonchev–Trinajstić information content (AvgIpc) is 2.21. The summed E-state index contributed by atoms with van der Waals surface area (Å²) in [5.74, 6) is 1.28. The Morgan fingerprint density at radius 2 is 1.93 bits per heavy atom. The van der Waals surface area contributed by atoms with Gasteiger partial charge in [-0.3, -0.25) is 0 Å². The predicted molar refractivity (Wildman–Crippen MR) is 63.9 cm³/mol. The topological polar surface area (TPSA) is 32.3 Å². The van der Waals surface area contributed by atoms with Crippen LogP contribution in [0.4, 0.5) is 0 Å². The van der Waals surface area contributed by atoms with E-state index in [9.17, 15) is 5.11 Å².